The predicted molar refractivity (Wildman–Crippen MR) is 75.3 cm³/mol. The summed E-state index contributed by atoms with van der Waals surface area (Å²) in [5.74, 6) is -4.81. The average molecular weight is 314 g/mol. The fourth-order valence-electron chi connectivity index (χ4n) is 1.84. The van der Waals surface area contributed by atoms with Crippen molar-refractivity contribution in [2.75, 3.05) is 13.2 Å². The number of thiazole rings is 1. The van der Waals surface area contributed by atoms with Gasteiger partial charge in [0.15, 0.2) is 5.92 Å². The van der Waals surface area contributed by atoms with Crippen molar-refractivity contribution in [3.8, 4) is 0 Å². The molecule has 0 fully saturated rings. The first-order valence-corrected chi connectivity index (χ1v) is 7.45. The number of carbonyl (C=O) groups excluding carboxylic acids is 3. The van der Waals surface area contributed by atoms with Crippen LogP contribution in [0.15, 0.2) is 10.9 Å². The largest absolute Gasteiger partial charge is 0.465 e. The van der Waals surface area contributed by atoms with E-state index in [9.17, 15) is 14.4 Å². The van der Waals surface area contributed by atoms with E-state index in [1.165, 1.54) is 11.3 Å². The molecule has 0 bridgehead atoms. The number of carbonyl (C=O) groups is 3. The van der Waals surface area contributed by atoms with Crippen LogP contribution in [0.1, 0.15) is 19.5 Å². The number of nitrogens with two attached hydrogens (primary N) is 1. The number of rotatable bonds is 8. The maximum atomic E-state index is 12.0. The SMILES string of the molecule is CCOC(=O)C(C(=O)OCC)C(Cc1cscn1)C(N)=O. The quantitative estimate of drug-likeness (QED) is 0.554. The number of amides is 1. The second-order valence-electron chi connectivity index (χ2n) is 4.17. The van der Waals surface area contributed by atoms with Gasteiger partial charge in [-0.25, -0.2) is 4.98 Å². The lowest BCUT2D eigenvalue weighted by atomic mass is 9.87. The molecule has 8 heteroatoms. The highest BCUT2D eigenvalue weighted by molar-refractivity contribution is 7.07. The van der Waals surface area contributed by atoms with Crippen LogP contribution in [0.25, 0.3) is 0 Å². The minimum atomic E-state index is -1.37. The summed E-state index contributed by atoms with van der Waals surface area (Å²) in [7, 11) is 0. The number of aromatic nitrogens is 1. The van der Waals surface area contributed by atoms with Crippen molar-refractivity contribution in [3.05, 3.63) is 16.6 Å². The third-order valence-corrected chi connectivity index (χ3v) is 3.40. The van der Waals surface area contributed by atoms with Crippen molar-refractivity contribution in [1.82, 2.24) is 4.98 Å². The Hall–Kier alpha value is -1.96. The molecule has 2 N–H and O–H groups in total. The van der Waals surface area contributed by atoms with Gasteiger partial charge >= 0.3 is 11.9 Å². The van der Waals surface area contributed by atoms with Gasteiger partial charge in [0.25, 0.3) is 0 Å². The summed E-state index contributed by atoms with van der Waals surface area (Å²) in [5, 5.41) is 1.73. The van der Waals surface area contributed by atoms with E-state index >= 15 is 0 Å². The van der Waals surface area contributed by atoms with Gasteiger partial charge in [0.05, 0.1) is 30.3 Å². The van der Waals surface area contributed by atoms with Crippen LogP contribution in [-0.4, -0.2) is 36.0 Å². The Morgan fingerprint density at radius 2 is 1.81 bits per heavy atom. The Bertz CT molecular complexity index is 471. The molecule has 0 aromatic carbocycles. The molecule has 0 spiro atoms. The van der Waals surface area contributed by atoms with Crippen molar-refractivity contribution in [2.24, 2.45) is 17.6 Å². The molecular weight excluding hydrogens is 296 g/mol. The van der Waals surface area contributed by atoms with Crippen molar-refractivity contribution in [3.63, 3.8) is 0 Å². The third kappa shape index (κ3) is 4.82. The predicted octanol–water partition coefficient (Wildman–Crippen LogP) is 0.530. The van der Waals surface area contributed by atoms with E-state index in [1.807, 2.05) is 0 Å². The number of ether oxygens (including phenoxy) is 2. The lowest BCUT2D eigenvalue weighted by molar-refractivity contribution is -0.166. The number of esters is 2. The number of primary amides is 1. The molecule has 1 heterocycles. The van der Waals surface area contributed by atoms with Gasteiger partial charge < -0.3 is 15.2 Å². The van der Waals surface area contributed by atoms with E-state index in [2.05, 4.69) is 4.98 Å². The van der Waals surface area contributed by atoms with Gasteiger partial charge in [-0.1, -0.05) is 0 Å². The highest BCUT2D eigenvalue weighted by Crippen LogP contribution is 2.21. The molecule has 1 unspecified atom stereocenters. The fourth-order valence-corrected chi connectivity index (χ4v) is 2.41. The molecule has 0 saturated heterocycles. The van der Waals surface area contributed by atoms with Crippen molar-refractivity contribution >= 4 is 29.2 Å². The first-order chi connectivity index (χ1) is 10.0. The van der Waals surface area contributed by atoms with E-state index < -0.39 is 29.7 Å². The van der Waals surface area contributed by atoms with Crippen LogP contribution in [0.5, 0.6) is 0 Å². The zero-order chi connectivity index (χ0) is 15.8. The first kappa shape index (κ1) is 17.1. The van der Waals surface area contributed by atoms with Gasteiger partial charge in [0.1, 0.15) is 0 Å². The highest BCUT2D eigenvalue weighted by atomic mass is 32.1. The van der Waals surface area contributed by atoms with E-state index in [-0.39, 0.29) is 19.6 Å². The summed E-state index contributed by atoms with van der Waals surface area (Å²) >= 11 is 1.35. The normalized spacial score (nSPS) is 12.0. The zero-order valence-corrected chi connectivity index (χ0v) is 12.7. The molecule has 1 rings (SSSR count). The summed E-state index contributed by atoms with van der Waals surface area (Å²) in [6.45, 7) is 3.41. The first-order valence-electron chi connectivity index (χ1n) is 6.50. The Kier molecular flexibility index (Phi) is 6.80. The van der Waals surface area contributed by atoms with E-state index in [0.717, 1.165) is 0 Å². The monoisotopic (exact) mass is 314 g/mol. The molecule has 21 heavy (non-hydrogen) atoms. The van der Waals surface area contributed by atoms with E-state index in [4.69, 9.17) is 15.2 Å². The van der Waals surface area contributed by atoms with Gasteiger partial charge in [-0.15, -0.1) is 11.3 Å². The number of hydrogen-bond acceptors (Lipinski definition) is 7. The minimum Gasteiger partial charge on any atom is -0.465 e. The molecule has 1 amide bonds. The number of nitrogens with zero attached hydrogens (tertiary/aromatic N) is 1. The van der Waals surface area contributed by atoms with Gasteiger partial charge in [-0.2, -0.15) is 0 Å². The second kappa shape index (κ2) is 8.35. The Morgan fingerprint density at radius 3 is 2.19 bits per heavy atom. The summed E-state index contributed by atoms with van der Waals surface area (Å²) in [5.41, 5.74) is 7.52. The Labute approximate surface area is 126 Å². The van der Waals surface area contributed by atoms with Crippen LogP contribution >= 0.6 is 11.3 Å². The van der Waals surface area contributed by atoms with Crippen molar-refractivity contribution in [2.45, 2.75) is 20.3 Å². The van der Waals surface area contributed by atoms with Crippen molar-refractivity contribution < 1.29 is 23.9 Å². The lowest BCUT2D eigenvalue weighted by Gasteiger charge is -2.21. The molecule has 0 aliphatic rings. The average Bonchev–Trinajstić information content (AvgIpc) is 2.91. The van der Waals surface area contributed by atoms with Crippen LogP contribution < -0.4 is 5.73 Å². The fraction of sp³-hybridized carbons (Fsp3) is 0.538. The molecule has 1 aromatic rings. The van der Waals surface area contributed by atoms with Gasteiger partial charge in [0, 0.05) is 11.8 Å². The van der Waals surface area contributed by atoms with Crippen LogP contribution in [0.3, 0.4) is 0 Å². The van der Waals surface area contributed by atoms with Gasteiger partial charge in [0.2, 0.25) is 5.91 Å². The molecule has 7 nitrogen and oxygen atoms in total. The standard InChI is InChI=1S/C13H18N2O5S/c1-3-19-12(17)10(13(18)20-4-2)9(11(14)16)5-8-6-21-7-15-8/h6-7,9-10H,3-5H2,1-2H3,(H2,14,16). The summed E-state index contributed by atoms with van der Waals surface area (Å²) in [6.07, 6.45) is 0.0845. The smallest absolute Gasteiger partial charge is 0.321 e. The molecule has 0 radical (unpaired) electrons. The Morgan fingerprint density at radius 1 is 1.24 bits per heavy atom. The van der Waals surface area contributed by atoms with Crippen LogP contribution in [0, 0.1) is 11.8 Å². The molecule has 0 aliphatic carbocycles. The second-order valence-corrected chi connectivity index (χ2v) is 4.89. The van der Waals surface area contributed by atoms with E-state index in [1.54, 1.807) is 24.7 Å². The molecule has 116 valence electrons. The summed E-state index contributed by atoms with van der Waals surface area (Å²) < 4.78 is 9.71. The Balaban J connectivity index is 3.01. The van der Waals surface area contributed by atoms with Crippen molar-refractivity contribution in [1.29, 1.82) is 0 Å². The number of hydrogen-bond donors (Lipinski definition) is 1. The molecular formula is C13H18N2O5S. The lowest BCUT2D eigenvalue weighted by Crippen LogP contribution is -2.42. The zero-order valence-electron chi connectivity index (χ0n) is 11.9. The topological polar surface area (TPSA) is 109 Å². The van der Waals surface area contributed by atoms with Crippen LogP contribution in [0.2, 0.25) is 0 Å². The maximum absolute atomic E-state index is 12.0. The van der Waals surface area contributed by atoms with E-state index in [0.29, 0.717) is 5.69 Å². The summed E-state index contributed by atoms with van der Waals surface area (Å²) in [6, 6.07) is 0. The molecule has 0 saturated carbocycles. The van der Waals surface area contributed by atoms with Crippen LogP contribution in [-0.2, 0) is 30.3 Å². The minimum absolute atomic E-state index is 0.0845. The molecule has 1 atom stereocenters. The molecule has 0 aliphatic heterocycles. The molecule has 1 aromatic heterocycles. The van der Waals surface area contributed by atoms with Gasteiger partial charge in [-0.3, -0.25) is 14.4 Å². The third-order valence-electron chi connectivity index (χ3n) is 2.76. The van der Waals surface area contributed by atoms with Gasteiger partial charge in [-0.05, 0) is 13.8 Å². The summed E-state index contributed by atoms with van der Waals surface area (Å²) in [4.78, 5) is 39.7. The highest BCUT2D eigenvalue weighted by Gasteiger charge is 2.41. The maximum Gasteiger partial charge on any atom is 0.321 e. The van der Waals surface area contributed by atoms with Crippen LogP contribution in [0.4, 0.5) is 0 Å².